The molecule has 0 unspecified atom stereocenters. The van der Waals surface area contributed by atoms with E-state index in [9.17, 15) is 9.59 Å². The quantitative estimate of drug-likeness (QED) is 0.178. The van der Waals surface area contributed by atoms with E-state index >= 15 is 0 Å². The summed E-state index contributed by atoms with van der Waals surface area (Å²) in [4.78, 5) is 23.5. The summed E-state index contributed by atoms with van der Waals surface area (Å²) in [5, 5.41) is 0. The molecule has 0 N–H and O–H groups in total. The van der Waals surface area contributed by atoms with Gasteiger partial charge in [0.15, 0.2) is 11.5 Å². The number of benzene rings is 1. The largest absolute Gasteiger partial charge is 0.493 e. The van der Waals surface area contributed by atoms with Crippen LogP contribution < -0.4 is 9.47 Å². The van der Waals surface area contributed by atoms with Gasteiger partial charge in [-0.1, -0.05) is 41.6 Å². The van der Waals surface area contributed by atoms with Gasteiger partial charge in [-0.05, 0) is 31.0 Å². The molecular weight excluding hydrogens is 424 g/mol. The van der Waals surface area contributed by atoms with Gasteiger partial charge in [-0.25, -0.2) is 0 Å². The van der Waals surface area contributed by atoms with E-state index in [1.54, 1.807) is 18.2 Å². The van der Waals surface area contributed by atoms with Crippen molar-refractivity contribution in [3.8, 4) is 11.5 Å². The summed E-state index contributed by atoms with van der Waals surface area (Å²) in [6.45, 7) is 0.393. The number of alkyl halides is 1. The molecule has 0 aliphatic rings. The van der Waals surface area contributed by atoms with E-state index in [0.717, 1.165) is 43.0 Å². The molecular formula is C19H26BrClO5. The summed E-state index contributed by atoms with van der Waals surface area (Å²) in [5.74, 6) is 0.604. The van der Waals surface area contributed by atoms with Crippen molar-refractivity contribution in [1.29, 1.82) is 0 Å². The highest BCUT2D eigenvalue weighted by Crippen LogP contribution is 2.30. The Balaban J connectivity index is 2.15. The molecule has 26 heavy (non-hydrogen) atoms. The number of ether oxygens (including phenoxy) is 3. The Kier molecular flexibility index (Phi) is 12.1. The normalized spacial score (nSPS) is 10.4. The number of esters is 2. The van der Waals surface area contributed by atoms with Gasteiger partial charge in [-0.15, -0.1) is 11.6 Å². The van der Waals surface area contributed by atoms with Crippen LogP contribution in [0.5, 0.6) is 11.5 Å². The molecule has 0 aliphatic heterocycles. The summed E-state index contributed by atoms with van der Waals surface area (Å²) < 4.78 is 16.3. The van der Waals surface area contributed by atoms with E-state index in [1.165, 1.54) is 7.11 Å². The second-order valence-corrected chi connectivity index (χ2v) is 7.09. The van der Waals surface area contributed by atoms with Crippen molar-refractivity contribution in [3.63, 3.8) is 0 Å². The zero-order valence-corrected chi connectivity index (χ0v) is 17.4. The van der Waals surface area contributed by atoms with Crippen molar-refractivity contribution < 1.29 is 23.8 Å². The number of rotatable bonds is 13. The van der Waals surface area contributed by atoms with E-state index in [-0.39, 0.29) is 18.8 Å². The van der Waals surface area contributed by atoms with E-state index < -0.39 is 5.97 Å². The molecule has 0 saturated carbocycles. The number of hydrogen-bond donors (Lipinski definition) is 0. The van der Waals surface area contributed by atoms with Gasteiger partial charge in [-0.3, -0.25) is 9.59 Å². The van der Waals surface area contributed by atoms with Crippen molar-refractivity contribution in [2.45, 2.75) is 51.4 Å². The summed E-state index contributed by atoms with van der Waals surface area (Å²) in [5.41, 5.74) is 0. The van der Waals surface area contributed by atoms with Gasteiger partial charge < -0.3 is 14.2 Å². The number of unbranched alkanes of at least 4 members (excludes halogenated alkanes) is 5. The van der Waals surface area contributed by atoms with Crippen molar-refractivity contribution in [2.75, 3.05) is 19.6 Å². The Morgan fingerprint density at radius 3 is 2.31 bits per heavy atom. The first kappa shape index (κ1) is 22.8. The monoisotopic (exact) mass is 448 g/mol. The van der Waals surface area contributed by atoms with Crippen LogP contribution in [0.15, 0.2) is 22.7 Å². The third kappa shape index (κ3) is 10.0. The maximum atomic E-state index is 11.9. The lowest BCUT2D eigenvalue weighted by Gasteiger charge is -2.09. The minimum absolute atomic E-state index is 0.00734. The maximum absolute atomic E-state index is 11.9. The molecule has 0 atom stereocenters. The number of hydrogen-bond acceptors (Lipinski definition) is 5. The molecule has 1 aromatic rings. The Morgan fingerprint density at radius 2 is 1.62 bits per heavy atom. The van der Waals surface area contributed by atoms with Gasteiger partial charge >= 0.3 is 11.9 Å². The summed E-state index contributed by atoms with van der Waals surface area (Å²) in [7, 11) is 1.49. The first-order valence-electron chi connectivity index (χ1n) is 8.82. The van der Waals surface area contributed by atoms with Gasteiger partial charge in [-0.2, -0.15) is 0 Å². The van der Waals surface area contributed by atoms with Gasteiger partial charge in [0.2, 0.25) is 0 Å². The van der Waals surface area contributed by atoms with Crippen molar-refractivity contribution in [2.24, 2.45) is 0 Å². The predicted molar refractivity (Wildman–Crippen MR) is 105 cm³/mol. The fourth-order valence-corrected chi connectivity index (χ4v) is 2.79. The third-order valence-electron chi connectivity index (χ3n) is 3.67. The molecule has 0 saturated heterocycles. The second kappa shape index (κ2) is 13.9. The number of carbonyl (C=O) groups is 2. The fraction of sp³-hybridized carbons (Fsp3) is 0.579. The minimum atomic E-state index is -0.498. The molecule has 7 heteroatoms. The Bertz CT molecular complexity index is 565. The maximum Gasteiger partial charge on any atom is 0.311 e. The van der Waals surface area contributed by atoms with Crippen molar-refractivity contribution >= 4 is 39.5 Å². The molecule has 0 amide bonds. The lowest BCUT2D eigenvalue weighted by Crippen LogP contribution is -2.13. The van der Waals surface area contributed by atoms with Gasteiger partial charge in [0.05, 0.1) is 26.6 Å². The van der Waals surface area contributed by atoms with E-state index in [2.05, 4.69) is 15.9 Å². The summed E-state index contributed by atoms with van der Waals surface area (Å²) in [6, 6.07) is 5.08. The third-order valence-corrected chi connectivity index (χ3v) is 4.43. The van der Waals surface area contributed by atoms with Crippen LogP contribution in [-0.4, -0.2) is 31.5 Å². The van der Waals surface area contributed by atoms with Crippen LogP contribution in [0.2, 0.25) is 0 Å². The van der Waals surface area contributed by atoms with Gasteiger partial charge in [0.25, 0.3) is 0 Å². The fourth-order valence-electron chi connectivity index (χ4n) is 2.27. The molecule has 0 spiro atoms. The number of halogens is 2. The molecule has 0 aromatic heterocycles. The van der Waals surface area contributed by atoms with Gasteiger partial charge in [0, 0.05) is 10.4 Å². The molecule has 0 fully saturated rings. The standard InChI is InChI=1S/C19H26BrClO5/c1-24-17-14-15(20)8-9-16(17)26-19(23)11-10-18(22)25-13-7-5-3-2-4-6-12-21/h8-9,14H,2-7,10-13H2,1H3. The summed E-state index contributed by atoms with van der Waals surface area (Å²) >= 11 is 8.94. The topological polar surface area (TPSA) is 61.8 Å². The average molecular weight is 450 g/mol. The molecule has 0 aliphatic carbocycles. The Labute approximate surface area is 168 Å². The second-order valence-electron chi connectivity index (χ2n) is 5.80. The van der Waals surface area contributed by atoms with Crippen LogP contribution in [0.4, 0.5) is 0 Å². The van der Waals surface area contributed by atoms with E-state index in [4.69, 9.17) is 25.8 Å². The number of carbonyl (C=O) groups excluding carboxylic acids is 2. The average Bonchev–Trinajstić information content (AvgIpc) is 2.63. The lowest BCUT2D eigenvalue weighted by molar-refractivity contribution is -0.147. The van der Waals surface area contributed by atoms with Gasteiger partial charge in [0.1, 0.15) is 0 Å². The smallest absolute Gasteiger partial charge is 0.311 e. The number of methoxy groups -OCH3 is 1. The van der Waals surface area contributed by atoms with E-state index in [0.29, 0.717) is 24.0 Å². The highest BCUT2D eigenvalue weighted by atomic mass is 79.9. The minimum Gasteiger partial charge on any atom is -0.493 e. The highest BCUT2D eigenvalue weighted by Gasteiger charge is 2.13. The van der Waals surface area contributed by atoms with Crippen LogP contribution in [0.3, 0.4) is 0 Å². The molecule has 0 bridgehead atoms. The zero-order chi connectivity index (χ0) is 19.2. The van der Waals surface area contributed by atoms with Crippen LogP contribution in [-0.2, 0) is 14.3 Å². The highest BCUT2D eigenvalue weighted by molar-refractivity contribution is 9.10. The molecule has 1 aromatic carbocycles. The summed E-state index contributed by atoms with van der Waals surface area (Å²) in [6.07, 6.45) is 6.33. The van der Waals surface area contributed by atoms with Crippen LogP contribution in [0, 0.1) is 0 Å². The Hall–Kier alpha value is -1.27. The molecule has 0 heterocycles. The van der Waals surface area contributed by atoms with Crippen molar-refractivity contribution in [1.82, 2.24) is 0 Å². The zero-order valence-electron chi connectivity index (χ0n) is 15.1. The molecule has 0 radical (unpaired) electrons. The van der Waals surface area contributed by atoms with Crippen LogP contribution in [0.25, 0.3) is 0 Å². The SMILES string of the molecule is COc1cc(Br)ccc1OC(=O)CCC(=O)OCCCCCCCCCl. The lowest BCUT2D eigenvalue weighted by atomic mass is 10.1. The Morgan fingerprint density at radius 1 is 0.962 bits per heavy atom. The molecule has 146 valence electrons. The van der Waals surface area contributed by atoms with Crippen molar-refractivity contribution in [3.05, 3.63) is 22.7 Å². The van der Waals surface area contributed by atoms with Crippen LogP contribution in [0.1, 0.15) is 51.4 Å². The molecule has 1 rings (SSSR count). The predicted octanol–water partition coefficient (Wildman–Crippen LogP) is 5.27. The molecule has 5 nitrogen and oxygen atoms in total. The first-order chi connectivity index (χ1) is 12.6. The van der Waals surface area contributed by atoms with Crippen LogP contribution >= 0.6 is 27.5 Å². The van der Waals surface area contributed by atoms with E-state index in [1.807, 2.05) is 0 Å². The first-order valence-corrected chi connectivity index (χ1v) is 10.2.